The quantitative estimate of drug-likeness (QED) is 0.623. The van der Waals surface area contributed by atoms with E-state index in [1.54, 1.807) is 6.92 Å². The summed E-state index contributed by atoms with van der Waals surface area (Å²) in [6.45, 7) is 2.93. The van der Waals surface area contributed by atoms with Crippen molar-refractivity contribution in [3.8, 4) is 0 Å². The first-order valence-corrected chi connectivity index (χ1v) is 7.58. The van der Waals surface area contributed by atoms with Gasteiger partial charge in [0.1, 0.15) is 5.54 Å². The van der Waals surface area contributed by atoms with Gasteiger partial charge in [0.25, 0.3) is 0 Å². The van der Waals surface area contributed by atoms with Gasteiger partial charge in [-0.1, -0.05) is 6.92 Å². The van der Waals surface area contributed by atoms with Gasteiger partial charge < -0.3 is 20.6 Å². The van der Waals surface area contributed by atoms with Gasteiger partial charge in [-0.25, -0.2) is 9.59 Å². The number of carboxylic acids is 1. The number of aliphatic carboxylic acids is 1. The molecule has 0 bridgehead atoms. The average Bonchev–Trinajstić information content (AvgIpc) is 3.21. The van der Waals surface area contributed by atoms with Gasteiger partial charge in [0.15, 0.2) is 0 Å². The Kier molecular flexibility index (Phi) is 4.69. The molecule has 2 fully saturated rings. The number of carbonyl (C=O) groups is 3. The van der Waals surface area contributed by atoms with Gasteiger partial charge in [0.05, 0.1) is 0 Å². The average molecular weight is 297 g/mol. The number of nitrogens with zero attached hydrogens (tertiary/aromatic N) is 1. The highest BCUT2D eigenvalue weighted by atomic mass is 16.4. The Morgan fingerprint density at radius 2 is 1.90 bits per heavy atom. The predicted octanol–water partition coefficient (Wildman–Crippen LogP) is 0.551. The Morgan fingerprint density at radius 3 is 2.48 bits per heavy atom. The lowest BCUT2D eigenvalue weighted by Gasteiger charge is -2.33. The normalized spacial score (nSPS) is 24.7. The van der Waals surface area contributed by atoms with Gasteiger partial charge in [0, 0.05) is 25.6 Å². The number of carboxylic acid groups (broad SMARTS) is 1. The molecule has 1 aliphatic heterocycles. The number of carbonyl (C=O) groups excluding carboxylic acids is 2. The third-order valence-electron chi connectivity index (χ3n) is 4.37. The SMILES string of the molecule is CCC1(C(=O)O)CCCN1C(=O)NCCNC(=O)C1CC1. The largest absolute Gasteiger partial charge is 0.479 e. The summed E-state index contributed by atoms with van der Waals surface area (Å²) in [6, 6.07) is -0.363. The molecule has 1 unspecified atom stereocenters. The Balaban J connectivity index is 1.79. The van der Waals surface area contributed by atoms with E-state index in [-0.39, 0.29) is 17.9 Å². The molecule has 1 atom stereocenters. The topological polar surface area (TPSA) is 98.7 Å². The minimum atomic E-state index is -1.08. The maximum absolute atomic E-state index is 12.2. The van der Waals surface area contributed by atoms with E-state index < -0.39 is 11.5 Å². The number of likely N-dealkylation sites (tertiary alicyclic amines) is 1. The third kappa shape index (κ3) is 3.28. The fourth-order valence-corrected chi connectivity index (χ4v) is 2.86. The second-order valence-electron chi connectivity index (χ2n) is 5.74. The Morgan fingerprint density at radius 1 is 1.24 bits per heavy atom. The predicted molar refractivity (Wildman–Crippen MR) is 75.7 cm³/mol. The van der Waals surface area contributed by atoms with Crippen LogP contribution in [-0.2, 0) is 9.59 Å². The van der Waals surface area contributed by atoms with Crippen LogP contribution in [0.1, 0.15) is 39.0 Å². The number of urea groups is 1. The van der Waals surface area contributed by atoms with E-state index in [1.165, 1.54) is 4.90 Å². The van der Waals surface area contributed by atoms with E-state index in [0.717, 1.165) is 12.8 Å². The van der Waals surface area contributed by atoms with E-state index in [2.05, 4.69) is 10.6 Å². The highest BCUT2D eigenvalue weighted by Crippen LogP contribution is 2.32. The molecule has 3 N–H and O–H groups in total. The first-order valence-electron chi connectivity index (χ1n) is 7.58. The summed E-state index contributed by atoms with van der Waals surface area (Å²) < 4.78 is 0. The molecule has 3 amide bonds. The van der Waals surface area contributed by atoms with Crippen LogP contribution in [0.3, 0.4) is 0 Å². The smallest absolute Gasteiger partial charge is 0.329 e. The van der Waals surface area contributed by atoms with Crippen molar-refractivity contribution in [2.24, 2.45) is 5.92 Å². The summed E-state index contributed by atoms with van der Waals surface area (Å²) in [5.74, 6) is -0.752. The van der Waals surface area contributed by atoms with Gasteiger partial charge in [-0.3, -0.25) is 4.79 Å². The summed E-state index contributed by atoms with van der Waals surface area (Å²) in [4.78, 5) is 36.5. The molecular weight excluding hydrogens is 274 g/mol. The Bertz CT molecular complexity index is 436. The highest BCUT2D eigenvalue weighted by Gasteiger charge is 2.48. The maximum atomic E-state index is 12.2. The number of rotatable bonds is 6. The maximum Gasteiger partial charge on any atom is 0.329 e. The zero-order valence-corrected chi connectivity index (χ0v) is 12.4. The van der Waals surface area contributed by atoms with Crippen molar-refractivity contribution in [2.75, 3.05) is 19.6 Å². The lowest BCUT2D eigenvalue weighted by molar-refractivity contribution is -0.148. The second-order valence-corrected chi connectivity index (χ2v) is 5.74. The van der Waals surface area contributed by atoms with Crippen LogP contribution in [0, 0.1) is 5.92 Å². The molecule has 2 rings (SSSR count). The number of hydrogen-bond donors (Lipinski definition) is 3. The zero-order valence-electron chi connectivity index (χ0n) is 12.4. The lowest BCUT2D eigenvalue weighted by Crippen LogP contribution is -2.56. The van der Waals surface area contributed by atoms with Gasteiger partial charge in [-0.15, -0.1) is 0 Å². The van der Waals surface area contributed by atoms with Crippen molar-refractivity contribution in [1.29, 1.82) is 0 Å². The first-order chi connectivity index (χ1) is 10.0. The van der Waals surface area contributed by atoms with E-state index in [0.29, 0.717) is 38.9 Å². The van der Waals surface area contributed by atoms with Crippen LogP contribution in [0.2, 0.25) is 0 Å². The van der Waals surface area contributed by atoms with Gasteiger partial charge in [0.2, 0.25) is 5.91 Å². The summed E-state index contributed by atoms with van der Waals surface area (Å²) in [6.07, 6.45) is 3.48. The van der Waals surface area contributed by atoms with Crippen LogP contribution < -0.4 is 10.6 Å². The second kappa shape index (κ2) is 6.32. The van der Waals surface area contributed by atoms with Crippen LogP contribution in [0.4, 0.5) is 4.79 Å². The molecule has 1 saturated heterocycles. The minimum Gasteiger partial charge on any atom is -0.479 e. The van der Waals surface area contributed by atoms with Crippen molar-refractivity contribution in [1.82, 2.24) is 15.5 Å². The molecule has 0 aromatic carbocycles. The standard InChI is InChI=1S/C14H23N3O4/c1-2-14(12(19)20)6-3-9-17(14)13(21)16-8-7-15-11(18)10-4-5-10/h10H,2-9H2,1H3,(H,15,18)(H,16,21)(H,19,20). The third-order valence-corrected chi connectivity index (χ3v) is 4.37. The minimum absolute atomic E-state index is 0.0406. The summed E-state index contributed by atoms with van der Waals surface area (Å²) in [5, 5.41) is 14.9. The van der Waals surface area contributed by atoms with Crippen LogP contribution in [0.25, 0.3) is 0 Å². The first kappa shape index (κ1) is 15.6. The molecule has 0 spiro atoms. The van der Waals surface area contributed by atoms with Gasteiger partial charge in [-0.05, 0) is 32.1 Å². The molecule has 1 aliphatic carbocycles. The lowest BCUT2D eigenvalue weighted by atomic mass is 9.93. The molecule has 0 aromatic heterocycles. The fraction of sp³-hybridized carbons (Fsp3) is 0.786. The summed E-state index contributed by atoms with van der Waals surface area (Å²) in [5.41, 5.74) is -1.08. The molecule has 2 aliphatic rings. The molecule has 7 heteroatoms. The summed E-state index contributed by atoms with van der Waals surface area (Å²) in [7, 11) is 0. The van der Waals surface area contributed by atoms with E-state index in [9.17, 15) is 19.5 Å². The van der Waals surface area contributed by atoms with Crippen LogP contribution in [-0.4, -0.2) is 53.1 Å². The molecule has 7 nitrogen and oxygen atoms in total. The van der Waals surface area contributed by atoms with Crippen molar-refractivity contribution in [3.05, 3.63) is 0 Å². The molecule has 118 valence electrons. The van der Waals surface area contributed by atoms with E-state index >= 15 is 0 Å². The monoisotopic (exact) mass is 297 g/mol. The molecule has 0 radical (unpaired) electrons. The van der Waals surface area contributed by atoms with Crippen LogP contribution in [0.15, 0.2) is 0 Å². The zero-order chi connectivity index (χ0) is 15.5. The Labute approximate surface area is 124 Å². The molecule has 0 aromatic rings. The number of amides is 3. The van der Waals surface area contributed by atoms with Crippen LogP contribution in [0.5, 0.6) is 0 Å². The summed E-state index contributed by atoms with van der Waals surface area (Å²) >= 11 is 0. The fourth-order valence-electron chi connectivity index (χ4n) is 2.86. The molecule has 1 saturated carbocycles. The van der Waals surface area contributed by atoms with Gasteiger partial charge in [-0.2, -0.15) is 0 Å². The van der Waals surface area contributed by atoms with E-state index in [4.69, 9.17) is 0 Å². The molecule has 21 heavy (non-hydrogen) atoms. The van der Waals surface area contributed by atoms with Crippen LogP contribution >= 0.6 is 0 Å². The van der Waals surface area contributed by atoms with Crippen molar-refractivity contribution in [2.45, 2.75) is 44.6 Å². The number of nitrogens with one attached hydrogen (secondary N) is 2. The van der Waals surface area contributed by atoms with Crippen molar-refractivity contribution >= 4 is 17.9 Å². The van der Waals surface area contributed by atoms with Gasteiger partial charge >= 0.3 is 12.0 Å². The highest BCUT2D eigenvalue weighted by molar-refractivity contribution is 5.87. The van der Waals surface area contributed by atoms with Crippen molar-refractivity contribution < 1.29 is 19.5 Å². The van der Waals surface area contributed by atoms with E-state index in [1.807, 2.05) is 0 Å². The number of hydrogen-bond acceptors (Lipinski definition) is 3. The van der Waals surface area contributed by atoms with Crippen molar-refractivity contribution in [3.63, 3.8) is 0 Å². The Hall–Kier alpha value is -1.79. The molecule has 1 heterocycles. The molecular formula is C14H23N3O4.